The SMILES string of the molecule is COC(=O)[C@H](CCCCNC(=O)OC(C)(C)C)NC(=O)CCNC(=O)OCc1ccccc1. The molecule has 10 heteroatoms. The zero-order valence-corrected chi connectivity index (χ0v) is 19.8. The summed E-state index contributed by atoms with van der Waals surface area (Å²) in [4.78, 5) is 47.5. The molecule has 0 bridgehead atoms. The van der Waals surface area contributed by atoms with Gasteiger partial charge in [0.1, 0.15) is 18.2 Å². The van der Waals surface area contributed by atoms with Gasteiger partial charge in [-0.25, -0.2) is 14.4 Å². The van der Waals surface area contributed by atoms with E-state index in [-0.39, 0.29) is 19.6 Å². The molecule has 0 unspecified atom stereocenters. The van der Waals surface area contributed by atoms with E-state index in [0.717, 1.165) is 5.56 Å². The van der Waals surface area contributed by atoms with E-state index in [2.05, 4.69) is 16.0 Å². The minimum Gasteiger partial charge on any atom is -0.467 e. The van der Waals surface area contributed by atoms with Crippen LogP contribution in [0.1, 0.15) is 52.0 Å². The Bertz CT molecular complexity index is 763. The van der Waals surface area contributed by atoms with Gasteiger partial charge in [-0.15, -0.1) is 0 Å². The number of nitrogens with one attached hydrogen (secondary N) is 3. The summed E-state index contributed by atoms with van der Waals surface area (Å²) in [7, 11) is 1.25. The second-order valence-electron chi connectivity index (χ2n) is 8.31. The summed E-state index contributed by atoms with van der Waals surface area (Å²) in [5.41, 5.74) is 0.283. The molecule has 3 amide bonds. The number of esters is 1. The van der Waals surface area contributed by atoms with Crippen LogP contribution in [0, 0.1) is 0 Å². The molecule has 0 aliphatic rings. The van der Waals surface area contributed by atoms with Crippen molar-refractivity contribution in [2.24, 2.45) is 0 Å². The number of ether oxygens (including phenoxy) is 3. The number of alkyl carbamates (subject to hydrolysis) is 2. The summed E-state index contributed by atoms with van der Waals surface area (Å²) >= 11 is 0. The molecule has 0 spiro atoms. The Balaban J connectivity index is 2.26. The lowest BCUT2D eigenvalue weighted by Crippen LogP contribution is -2.42. The summed E-state index contributed by atoms with van der Waals surface area (Å²) in [6.45, 7) is 5.91. The van der Waals surface area contributed by atoms with Gasteiger partial charge in [-0.2, -0.15) is 0 Å². The molecule has 1 atom stereocenters. The average Bonchev–Trinajstić information content (AvgIpc) is 2.75. The van der Waals surface area contributed by atoms with Gasteiger partial charge in [0, 0.05) is 19.5 Å². The predicted octanol–water partition coefficient (Wildman–Crippen LogP) is 2.66. The molecule has 1 rings (SSSR count). The molecule has 0 fully saturated rings. The van der Waals surface area contributed by atoms with Crippen LogP contribution in [0.3, 0.4) is 0 Å². The number of amides is 3. The third kappa shape index (κ3) is 13.7. The Labute approximate surface area is 194 Å². The summed E-state index contributed by atoms with van der Waals surface area (Å²) in [6, 6.07) is 8.41. The molecule has 3 N–H and O–H groups in total. The van der Waals surface area contributed by atoms with Gasteiger partial charge in [-0.1, -0.05) is 30.3 Å². The summed E-state index contributed by atoms with van der Waals surface area (Å²) < 4.78 is 15.0. The molecule has 0 saturated heterocycles. The summed E-state index contributed by atoms with van der Waals surface area (Å²) in [5, 5.41) is 7.75. The fraction of sp³-hybridized carbons (Fsp3) is 0.565. The number of hydrogen-bond donors (Lipinski definition) is 3. The van der Waals surface area contributed by atoms with E-state index in [4.69, 9.17) is 14.2 Å². The van der Waals surface area contributed by atoms with E-state index in [1.54, 1.807) is 20.8 Å². The van der Waals surface area contributed by atoms with Gasteiger partial charge < -0.3 is 30.2 Å². The molecule has 0 saturated carbocycles. The highest BCUT2D eigenvalue weighted by Crippen LogP contribution is 2.07. The van der Waals surface area contributed by atoms with Crippen molar-refractivity contribution in [3.05, 3.63) is 35.9 Å². The third-order valence-corrected chi connectivity index (χ3v) is 4.24. The van der Waals surface area contributed by atoms with Gasteiger partial charge >= 0.3 is 18.2 Å². The number of unbranched alkanes of at least 4 members (excludes halogenated alkanes) is 1. The van der Waals surface area contributed by atoms with Gasteiger partial charge in [0.2, 0.25) is 5.91 Å². The van der Waals surface area contributed by atoms with Crippen molar-refractivity contribution in [2.45, 2.75) is 64.7 Å². The fourth-order valence-electron chi connectivity index (χ4n) is 2.69. The van der Waals surface area contributed by atoms with Crippen LogP contribution >= 0.6 is 0 Å². The van der Waals surface area contributed by atoms with Crippen molar-refractivity contribution in [3.63, 3.8) is 0 Å². The third-order valence-electron chi connectivity index (χ3n) is 4.24. The van der Waals surface area contributed by atoms with E-state index in [9.17, 15) is 19.2 Å². The van der Waals surface area contributed by atoms with E-state index in [1.165, 1.54) is 7.11 Å². The van der Waals surface area contributed by atoms with E-state index in [1.807, 2.05) is 30.3 Å². The maximum atomic E-state index is 12.2. The number of benzene rings is 1. The van der Waals surface area contributed by atoms with E-state index >= 15 is 0 Å². The number of carbonyl (C=O) groups excluding carboxylic acids is 4. The maximum absolute atomic E-state index is 12.2. The molecule has 0 aromatic heterocycles. The number of carbonyl (C=O) groups is 4. The maximum Gasteiger partial charge on any atom is 0.407 e. The van der Waals surface area contributed by atoms with Crippen LogP contribution in [-0.4, -0.2) is 55.9 Å². The Kier molecular flexibility index (Phi) is 12.4. The van der Waals surface area contributed by atoms with Crippen LogP contribution in [0.2, 0.25) is 0 Å². The van der Waals surface area contributed by atoms with Crippen molar-refractivity contribution in [1.29, 1.82) is 0 Å². The number of methoxy groups -OCH3 is 1. The normalized spacial score (nSPS) is 11.6. The number of hydrogen-bond acceptors (Lipinski definition) is 7. The molecule has 0 radical (unpaired) electrons. The van der Waals surface area contributed by atoms with Crippen LogP contribution in [0.4, 0.5) is 9.59 Å². The summed E-state index contributed by atoms with van der Waals surface area (Å²) in [5.74, 6) is -0.959. The van der Waals surface area contributed by atoms with Crippen LogP contribution in [0.15, 0.2) is 30.3 Å². The fourth-order valence-corrected chi connectivity index (χ4v) is 2.69. The highest BCUT2D eigenvalue weighted by molar-refractivity contribution is 5.84. The molecule has 0 heterocycles. The topological polar surface area (TPSA) is 132 Å². The first-order valence-electron chi connectivity index (χ1n) is 10.9. The molecule has 184 valence electrons. The minimum absolute atomic E-state index is 0.0197. The Morgan fingerprint density at radius 3 is 2.24 bits per heavy atom. The van der Waals surface area contributed by atoms with Gasteiger partial charge in [0.25, 0.3) is 0 Å². The second kappa shape index (κ2) is 14.7. The van der Waals surface area contributed by atoms with Gasteiger partial charge in [-0.05, 0) is 45.6 Å². The van der Waals surface area contributed by atoms with Crippen molar-refractivity contribution in [1.82, 2.24) is 16.0 Å². The van der Waals surface area contributed by atoms with Crippen molar-refractivity contribution >= 4 is 24.1 Å². The van der Waals surface area contributed by atoms with Gasteiger partial charge in [-0.3, -0.25) is 4.79 Å². The molecule has 0 aliphatic carbocycles. The van der Waals surface area contributed by atoms with Crippen molar-refractivity contribution < 1.29 is 33.4 Å². The Morgan fingerprint density at radius 2 is 1.61 bits per heavy atom. The standard InChI is InChI=1S/C23H35N3O7/c1-23(2,3)33-22(30)24-14-9-8-12-18(20(28)31-4)26-19(27)13-15-25-21(29)32-16-17-10-6-5-7-11-17/h5-7,10-11,18H,8-9,12-16H2,1-4H3,(H,24,30)(H,25,29)(H,26,27)/t18-/m0/s1. The van der Waals surface area contributed by atoms with Gasteiger partial charge in [0.15, 0.2) is 0 Å². The smallest absolute Gasteiger partial charge is 0.407 e. The lowest BCUT2D eigenvalue weighted by molar-refractivity contribution is -0.145. The molecule has 33 heavy (non-hydrogen) atoms. The lowest BCUT2D eigenvalue weighted by atomic mass is 10.1. The Hall–Kier alpha value is -3.30. The van der Waals surface area contributed by atoms with E-state index in [0.29, 0.717) is 25.8 Å². The predicted molar refractivity (Wildman–Crippen MR) is 121 cm³/mol. The number of rotatable bonds is 12. The first-order chi connectivity index (χ1) is 15.6. The van der Waals surface area contributed by atoms with E-state index < -0.39 is 35.7 Å². The van der Waals surface area contributed by atoms with Crippen LogP contribution < -0.4 is 16.0 Å². The zero-order valence-electron chi connectivity index (χ0n) is 19.8. The Morgan fingerprint density at radius 1 is 0.939 bits per heavy atom. The highest BCUT2D eigenvalue weighted by atomic mass is 16.6. The average molecular weight is 466 g/mol. The molecule has 0 aliphatic heterocycles. The van der Waals surface area contributed by atoms with Crippen molar-refractivity contribution in [2.75, 3.05) is 20.2 Å². The zero-order chi connectivity index (χ0) is 24.7. The highest BCUT2D eigenvalue weighted by Gasteiger charge is 2.21. The van der Waals surface area contributed by atoms with Crippen LogP contribution in [0.5, 0.6) is 0 Å². The molecular formula is C23H35N3O7. The molecular weight excluding hydrogens is 430 g/mol. The lowest BCUT2D eigenvalue weighted by Gasteiger charge is -2.20. The summed E-state index contributed by atoms with van der Waals surface area (Å²) in [6.07, 6.45) is 0.357. The van der Waals surface area contributed by atoms with Crippen LogP contribution in [-0.2, 0) is 30.4 Å². The van der Waals surface area contributed by atoms with Crippen molar-refractivity contribution in [3.8, 4) is 0 Å². The second-order valence-corrected chi connectivity index (χ2v) is 8.31. The van der Waals surface area contributed by atoms with Gasteiger partial charge in [0.05, 0.1) is 7.11 Å². The molecule has 10 nitrogen and oxygen atoms in total. The first kappa shape index (κ1) is 27.7. The largest absolute Gasteiger partial charge is 0.467 e. The molecule has 1 aromatic rings. The first-order valence-corrected chi connectivity index (χ1v) is 10.9. The minimum atomic E-state index is -0.811. The van der Waals surface area contributed by atoms with Crippen LogP contribution in [0.25, 0.3) is 0 Å². The quantitative estimate of drug-likeness (QED) is 0.246. The molecule has 1 aromatic carbocycles. The monoisotopic (exact) mass is 465 g/mol.